The lowest BCUT2D eigenvalue weighted by Gasteiger charge is -2.08. The SMILES string of the molecule is CCCCn1cc(Cl)nc1-c1ccccc1C. The van der Waals surface area contributed by atoms with Gasteiger partial charge in [0.15, 0.2) is 0 Å². The topological polar surface area (TPSA) is 17.8 Å². The Bertz CT molecular complexity index is 503. The summed E-state index contributed by atoms with van der Waals surface area (Å²) in [6.45, 7) is 5.26. The lowest BCUT2D eigenvalue weighted by molar-refractivity contribution is 0.637. The van der Waals surface area contributed by atoms with Crippen LogP contribution in [0.2, 0.25) is 5.15 Å². The molecule has 0 saturated carbocycles. The molecule has 0 fully saturated rings. The summed E-state index contributed by atoms with van der Waals surface area (Å²) in [5.41, 5.74) is 2.39. The predicted molar refractivity (Wildman–Crippen MR) is 72.3 cm³/mol. The van der Waals surface area contributed by atoms with E-state index in [1.165, 1.54) is 12.0 Å². The zero-order valence-corrected chi connectivity index (χ0v) is 11.0. The van der Waals surface area contributed by atoms with Crippen LogP contribution in [0.15, 0.2) is 30.5 Å². The van der Waals surface area contributed by atoms with E-state index < -0.39 is 0 Å². The van der Waals surface area contributed by atoms with Crippen molar-refractivity contribution in [2.75, 3.05) is 0 Å². The number of hydrogen-bond donors (Lipinski definition) is 0. The van der Waals surface area contributed by atoms with Crippen molar-refractivity contribution in [3.05, 3.63) is 41.2 Å². The summed E-state index contributed by atoms with van der Waals surface area (Å²) in [7, 11) is 0. The summed E-state index contributed by atoms with van der Waals surface area (Å²) < 4.78 is 2.15. The Morgan fingerprint density at radius 1 is 1.29 bits per heavy atom. The van der Waals surface area contributed by atoms with E-state index in [0.29, 0.717) is 5.15 Å². The fourth-order valence-corrected chi connectivity index (χ4v) is 2.12. The second-order valence-corrected chi connectivity index (χ2v) is 4.64. The Kier molecular flexibility index (Phi) is 3.85. The summed E-state index contributed by atoms with van der Waals surface area (Å²) >= 11 is 6.01. The van der Waals surface area contributed by atoms with Crippen LogP contribution in [-0.4, -0.2) is 9.55 Å². The van der Waals surface area contributed by atoms with Gasteiger partial charge in [-0.1, -0.05) is 49.2 Å². The third kappa shape index (κ3) is 2.70. The zero-order chi connectivity index (χ0) is 12.3. The van der Waals surface area contributed by atoms with Crippen molar-refractivity contribution in [3.63, 3.8) is 0 Å². The highest BCUT2D eigenvalue weighted by Crippen LogP contribution is 2.24. The molecule has 0 aliphatic carbocycles. The Morgan fingerprint density at radius 2 is 2.06 bits per heavy atom. The van der Waals surface area contributed by atoms with Crippen molar-refractivity contribution in [2.45, 2.75) is 33.2 Å². The van der Waals surface area contributed by atoms with Gasteiger partial charge in [-0.15, -0.1) is 0 Å². The Balaban J connectivity index is 2.41. The van der Waals surface area contributed by atoms with Crippen LogP contribution in [0, 0.1) is 6.92 Å². The van der Waals surface area contributed by atoms with Crippen LogP contribution in [-0.2, 0) is 6.54 Å². The van der Waals surface area contributed by atoms with E-state index >= 15 is 0 Å². The van der Waals surface area contributed by atoms with E-state index in [4.69, 9.17) is 11.6 Å². The van der Waals surface area contributed by atoms with Crippen LogP contribution in [0.3, 0.4) is 0 Å². The molecule has 1 aromatic heterocycles. The maximum atomic E-state index is 6.01. The summed E-state index contributed by atoms with van der Waals surface area (Å²) in [5, 5.41) is 0.569. The molecule has 0 radical (unpaired) electrons. The third-order valence-electron chi connectivity index (χ3n) is 2.89. The molecule has 0 spiro atoms. The highest BCUT2D eigenvalue weighted by Gasteiger charge is 2.10. The molecule has 2 rings (SSSR count). The van der Waals surface area contributed by atoms with E-state index in [-0.39, 0.29) is 0 Å². The average molecular weight is 249 g/mol. The van der Waals surface area contributed by atoms with Crippen LogP contribution in [0.25, 0.3) is 11.4 Å². The Morgan fingerprint density at radius 3 is 2.76 bits per heavy atom. The van der Waals surface area contributed by atoms with Crippen molar-refractivity contribution in [1.82, 2.24) is 9.55 Å². The molecule has 0 aliphatic heterocycles. The predicted octanol–water partition coefficient (Wildman–Crippen LogP) is 4.31. The number of halogens is 1. The zero-order valence-electron chi connectivity index (χ0n) is 10.3. The monoisotopic (exact) mass is 248 g/mol. The lowest BCUT2D eigenvalue weighted by Crippen LogP contribution is -2.00. The lowest BCUT2D eigenvalue weighted by atomic mass is 10.1. The highest BCUT2D eigenvalue weighted by molar-refractivity contribution is 6.29. The number of nitrogens with zero attached hydrogens (tertiary/aromatic N) is 2. The number of hydrogen-bond acceptors (Lipinski definition) is 1. The molecule has 0 atom stereocenters. The van der Waals surface area contributed by atoms with E-state index in [1.807, 2.05) is 18.3 Å². The summed E-state index contributed by atoms with van der Waals surface area (Å²) in [6.07, 6.45) is 4.23. The van der Waals surface area contributed by atoms with Crippen LogP contribution >= 0.6 is 11.6 Å². The van der Waals surface area contributed by atoms with Gasteiger partial charge in [0.25, 0.3) is 0 Å². The van der Waals surface area contributed by atoms with Gasteiger partial charge in [-0.05, 0) is 18.9 Å². The van der Waals surface area contributed by atoms with Gasteiger partial charge in [0.05, 0.1) is 0 Å². The van der Waals surface area contributed by atoms with Gasteiger partial charge >= 0.3 is 0 Å². The van der Waals surface area contributed by atoms with Gasteiger partial charge in [-0.25, -0.2) is 4.98 Å². The van der Waals surface area contributed by atoms with Crippen LogP contribution in [0.5, 0.6) is 0 Å². The largest absolute Gasteiger partial charge is 0.329 e. The minimum absolute atomic E-state index is 0.569. The van der Waals surface area contributed by atoms with Crippen LogP contribution in [0.4, 0.5) is 0 Å². The first-order valence-corrected chi connectivity index (χ1v) is 6.39. The molecular formula is C14H17ClN2. The van der Waals surface area contributed by atoms with Crippen LogP contribution in [0.1, 0.15) is 25.3 Å². The quantitative estimate of drug-likeness (QED) is 0.788. The molecular weight excluding hydrogens is 232 g/mol. The van der Waals surface area contributed by atoms with Crippen molar-refractivity contribution < 1.29 is 0 Å². The average Bonchev–Trinajstić information content (AvgIpc) is 2.68. The molecule has 1 heterocycles. The van der Waals surface area contributed by atoms with Crippen molar-refractivity contribution in [1.29, 1.82) is 0 Å². The molecule has 0 unspecified atom stereocenters. The van der Waals surface area contributed by atoms with Crippen molar-refractivity contribution in [3.8, 4) is 11.4 Å². The standard InChI is InChI=1S/C14H17ClN2/c1-3-4-9-17-10-13(15)16-14(17)12-8-6-5-7-11(12)2/h5-8,10H,3-4,9H2,1-2H3. The summed E-state index contributed by atoms with van der Waals surface area (Å²) in [4.78, 5) is 4.42. The number of benzene rings is 1. The Labute approximate surface area is 107 Å². The summed E-state index contributed by atoms with van der Waals surface area (Å²) in [5.74, 6) is 0.974. The number of unbranched alkanes of at least 4 members (excludes halogenated alkanes) is 1. The van der Waals surface area contributed by atoms with Gasteiger partial charge in [-0.2, -0.15) is 0 Å². The molecule has 1 aromatic carbocycles. The highest BCUT2D eigenvalue weighted by atomic mass is 35.5. The van der Waals surface area contributed by atoms with Crippen LogP contribution < -0.4 is 0 Å². The normalized spacial score (nSPS) is 10.8. The smallest absolute Gasteiger partial charge is 0.147 e. The number of aromatic nitrogens is 2. The maximum Gasteiger partial charge on any atom is 0.147 e. The second kappa shape index (κ2) is 5.37. The Hall–Kier alpha value is -1.28. The molecule has 0 N–H and O–H groups in total. The molecule has 2 nitrogen and oxygen atoms in total. The van der Waals surface area contributed by atoms with Gasteiger partial charge in [0, 0.05) is 18.3 Å². The fraction of sp³-hybridized carbons (Fsp3) is 0.357. The molecule has 2 aromatic rings. The minimum atomic E-state index is 0.569. The fourth-order valence-electron chi connectivity index (χ4n) is 1.92. The van der Waals surface area contributed by atoms with E-state index in [0.717, 1.165) is 24.4 Å². The maximum absolute atomic E-state index is 6.01. The van der Waals surface area contributed by atoms with E-state index in [2.05, 4.69) is 35.5 Å². The number of imidazole rings is 1. The van der Waals surface area contributed by atoms with Crippen molar-refractivity contribution >= 4 is 11.6 Å². The molecule has 0 saturated heterocycles. The molecule has 3 heteroatoms. The molecule has 90 valence electrons. The van der Waals surface area contributed by atoms with Gasteiger partial charge in [0.1, 0.15) is 11.0 Å². The third-order valence-corrected chi connectivity index (χ3v) is 3.07. The first kappa shape index (κ1) is 12.2. The van der Waals surface area contributed by atoms with Gasteiger partial charge in [-0.3, -0.25) is 0 Å². The van der Waals surface area contributed by atoms with Crippen molar-refractivity contribution in [2.24, 2.45) is 0 Å². The van der Waals surface area contributed by atoms with E-state index in [1.54, 1.807) is 0 Å². The van der Waals surface area contributed by atoms with E-state index in [9.17, 15) is 0 Å². The van der Waals surface area contributed by atoms with Gasteiger partial charge in [0.2, 0.25) is 0 Å². The molecule has 0 aliphatic rings. The summed E-state index contributed by atoms with van der Waals surface area (Å²) in [6, 6.07) is 8.27. The minimum Gasteiger partial charge on any atom is -0.329 e. The second-order valence-electron chi connectivity index (χ2n) is 4.25. The number of rotatable bonds is 4. The molecule has 17 heavy (non-hydrogen) atoms. The first-order chi connectivity index (χ1) is 8.22. The first-order valence-electron chi connectivity index (χ1n) is 6.01. The van der Waals surface area contributed by atoms with Gasteiger partial charge < -0.3 is 4.57 Å². The number of aryl methyl sites for hydroxylation is 2. The molecule has 0 amide bonds. The molecule has 0 bridgehead atoms.